The number of piperazine rings is 1. The first-order valence-electron chi connectivity index (χ1n) is 8.89. The molecule has 2 atom stereocenters. The van der Waals surface area contributed by atoms with E-state index in [2.05, 4.69) is 29.1 Å². The first kappa shape index (κ1) is 19.5. The molecule has 0 radical (unpaired) electrons. The van der Waals surface area contributed by atoms with Crippen molar-refractivity contribution in [1.82, 2.24) is 15.1 Å². The number of ether oxygens (including phenoxy) is 2. The van der Waals surface area contributed by atoms with Crippen LogP contribution in [0.3, 0.4) is 0 Å². The van der Waals surface area contributed by atoms with E-state index in [1.165, 1.54) is 0 Å². The molecule has 0 saturated carbocycles. The summed E-state index contributed by atoms with van der Waals surface area (Å²) in [6.45, 7) is 7.73. The van der Waals surface area contributed by atoms with Gasteiger partial charge in [0.25, 0.3) is 0 Å². The molecule has 1 aliphatic rings. The second kappa shape index (κ2) is 9.06. The molecule has 1 N–H and O–H groups in total. The summed E-state index contributed by atoms with van der Waals surface area (Å²) in [6.07, 6.45) is 0.761. The molecule has 2 rings (SSSR count). The average Bonchev–Trinajstić information content (AvgIpc) is 2.60. The lowest BCUT2D eigenvalue weighted by molar-refractivity contribution is -0.127. The van der Waals surface area contributed by atoms with Crippen LogP contribution in [0.25, 0.3) is 0 Å². The van der Waals surface area contributed by atoms with Gasteiger partial charge in [-0.05, 0) is 45.0 Å². The highest BCUT2D eigenvalue weighted by Crippen LogP contribution is 2.27. The third kappa shape index (κ3) is 5.09. The summed E-state index contributed by atoms with van der Waals surface area (Å²) >= 11 is 0. The zero-order chi connectivity index (χ0) is 18.4. The van der Waals surface area contributed by atoms with Crippen molar-refractivity contribution in [2.24, 2.45) is 0 Å². The Morgan fingerprint density at radius 3 is 2.64 bits per heavy atom. The minimum absolute atomic E-state index is 0.0943. The quantitative estimate of drug-likeness (QED) is 0.806. The smallest absolute Gasteiger partial charge is 0.237 e. The summed E-state index contributed by atoms with van der Waals surface area (Å²) in [7, 11) is 5.38. The van der Waals surface area contributed by atoms with Gasteiger partial charge in [0, 0.05) is 32.2 Å². The zero-order valence-corrected chi connectivity index (χ0v) is 16.0. The maximum atomic E-state index is 12.5. The fourth-order valence-corrected chi connectivity index (χ4v) is 3.39. The molecular formula is C19H31N3O3. The Hall–Kier alpha value is -1.79. The van der Waals surface area contributed by atoms with Gasteiger partial charge in [0.2, 0.25) is 5.91 Å². The van der Waals surface area contributed by atoms with Crippen LogP contribution in [0.15, 0.2) is 18.2 Å². The zero-order valence-electron chi connectivity index (χ0n) is 16.0. The molecule has 0 spiro atoms. The lowest BCUT2D eigenvalue weighted by Gasteiger charge is -2.41. The molecule has 1 fully saturated rings. The molecule has 0 aliphatic carbocycles. The highest BCUT2D eigenvalue weighted by atomic mass is 16.5. The first-order valence-corrected chi connectivity index (χ1v) is 8.89. The number of carbonyl (C=O) groups excluding carboxylic acids is 1. The van der Waals surface area contributed by atoms with Crippen LogP contribution < -0.4 is 14.8 Å². The molecule has 1 saturated heterocycles. The Bertz CT molecular complexity index is 579. The van der Waals surface area contributed by atoms with Crippen molar-refractivity contribution in [3.05, 3.63) is 23.8 Å². The summed E-state index contributed by atoms with van der Waals surface area (Å²) in [4.78, 5) is 17.1. The van der Waals surface area contributed by atoms with Gasteiger partial charge >= 0.3 is 0 Å². The van der Waals surface area contributed by atoms with Crippen LogP contribution in [-0.4, -0.2) is 75.2 Å². The molecule has 1 heterocycles. The molecular weight excluding hydrogens is 318 g/mol. The average molecular weight is 349 g/mol. The normalized spacial score (nSPS) is 20.1. The molecule has 1 aliphatic heterocycles. The van der Waals surface area contributed by atoms with Crippen LogP contribution in [0.5, 0.6) is 11.5 Å². The summed E-state index contributed by atoms with van der Waals surface area (Å²) in [5, 5.41) is 3.06. The number of amides is 1. The number of rotatable bonds is 7. The highest BCUT2D eigenvalue weighted by Gasteiger charge is 2.29. The van der Waals surface area contributed by atoms with Gasteiger partial charge in [0.05, 0.1) is 20.3 Å². The standard InChI is InChI=1S/C19H31N3O3/c1-14-13-21(3)10-11-22(14)15(2)19(23)20-9-8-16-6-7-17(24-4)18(12-16)25-5/h6-7,12,14-15H,8-11,13H2,1-5H3,(H,20,23)/t14-,15+/m0/s1. The van der Waals surface area contributed by atoms with E-state index in [1.807, 2.05) is 25.1 Å². The third-order valence-electron chi connectivity index (χ3n) is 4.92. The molecule has 0 bridgehead atoms. The van der Waals surface area contributed by atoms with E-state index in [0.29, 0.717) is 24.1 Å². The maximum absolute atomic E-state index is 12.5. The molecule has 6 nitrogen and oxygen atoms in total. The number of nitrogens with one attached hydrogen (secondary N) is 1. The molecule has 1 amide bonds. The fourth-order valence-electron chi connectivity index (χ4n) is 3.39. The number of carbonyl (C=O) groups is 1. The van der Waals surface area contributed by atoms with Gasteiger partial charge in [0.1, 0.15) is 0 Å². The largest absolute Gasteiger partial charge is 0.493 e. The van der Waals surface area contributed by atoms with E-state index < -0.39 is 0 Å². The molecule has 0 unspecified atom stereocenters. The highest BCUT2D eigenvalue weighted by molar-refractivity contribution is 5.81. The van der Waals surface area contributed by atoms with Crippen LogP contribution in [0, 0.1) is 0 Å². The van der Waals surface area contributed by atoms with Crippen LogP contribution in [0.4, 0.5) is 0 Å². The minimum atomic E-state index is -0.103. The number of hydrogen-bond donors (Lipinski definition) is 1. The van der Waals surface area contributed by atoms with Gasteiger partial charge in [-0.15, -0.1) is 0 Å². The van der Waals surface area contributed by atoms with E-state index in [4.69, 9.17) is 9.47 Å². The summed E-state index contributed by atoms with van der Waals surface area (Å²) < 4.78 is 10.6. The maximum Gasteiger partial charge on any atom is 0.237 e. The number of methoxy groups -OCH3 is 2. The Labute approximate surface area is 151 Å². The van der Waals surface area contributed by atoms with Gasteiger partial charge in [-0.3, -0.25) is 9.69 Å². The van der Waals surface area contributed by atoms with Crippen molar-refractivity contribution < 1.29 is 14.3 Å². The number of nitrogens with zero attached hydrogens (tertiary/aromatic N) is 2. The minimum Gasteiger partial charge on any atom is -0.493 e. The Balaban J connectivity index is 1.83. The van der Waals surface area contributed by atoms with E-state index in [-0.39, 0.29) is 11.9 Å². The van der Waals surface area contributed by atoms with Gasteiger partial charge in [-0.1, -0.05) is 6.07 Å². The van der Waals surface area contributed by atoms with Crippen molar-refractivity contribution in [2.45, 2.75) is 32.4 Å². The van der Waals surface area contributed by atoms with Crippen LogP contribution >= 0.6 is 0 Å². The molecule has 140 valence electrons. The van der Waals surface area contributed by atoms with Crippen molar-refractivity contribution in [3.8, 4) is 11.5 Å². The topological polar surface area (TPSA) is 54.0 Å². The van der Waals surface area contributed by atoms with E-state index in [9.17, 15) is 4.79 Å². The van der Waals surface area contributed by atoms with E-state index in [1.54, 1.807) is 14.2 Å². The lowest BCUT2D eigenvalue weighted by atomic mass is 10.1. The van der Waals surface area contributed by atoms with Crippen molar-refractivity contribution in [3.63, 3.8) is 0 Å². The van der Waals surface area contributed by atoms with Crippen LogP contribution in [0.2, 0.25) is 0 Å². The van der Waals surface area contributed by atoms with Crippen molar-refractivity contribution >= 4 is 5.91 Å². The molecule has 1 aromatic rings. The first-order chi connectivity index (χ1) is 12.0. The predicted molar refractivity (Wildman–Crippen MR) is 99.4 cm³/mol. The number of benzene rings is 1. The fraction of sp³-hybridized carbons (Fsp3) is 0.632. The second-order valence-corrected chi connectivity index (χ2v) is 6.76. The summed E-state index contributed by atoms with van der Waals surface area (Å²) in [6, 6.07) is 6.14. The van der Waals surface area contributed by atoms with Gasteiger partial charge in [-0.25, -0.2) is 0 Å². The van der Waals surface area contributed by atoms with Gasteiger partial charge in [-0.2, -0.15) is 0 Å². The third-order valence-corrected chi connectivity index (χ3v) is 4.92. The van der Waals surface area contributed by atoms with Gasteiger partial charge in [0.15, 0.2) is 11.5 Å². The van der Waals surface area contributed by atoms with Crippen LogP contribution in [0.1, 0.15) is 19.4 Å². The number of likely N-dealkylation sites (N-methyl/N-ethyl adjacent to an activating group) is 1. The van der Waals surface area contributed by atoms with Crippen molar-refractivity contribution in [1.29, 1.82) is 0 Å². The Kier molecular flexibility index (Phi) is 7.08. The molecule has 25 heavy (non-hydrogen) atoms. The number of hydrogen-bond acceptors (Lipinski definition) is 5. The monoisotopic (exact) mass is 349 g/mol. The lowest BCUT2D eigenvalue weighted by Crippen LogP contribution is -2.57. The Morgan fingerprint density at radius 1 is 1.28 bits per heavy atom. The van der Waals surface area contributed by atoms with Gasteiger partial charge < -0.3 is 19.7 Å². The van der Waals surface area contributed by atoms with Crippen LogP contribution in [-0.2, 0) is 11.2 Å². The summed E-state index contributed by atoms with van der Waals surface area (Å²) in [5.74, 6) is 1.52. The molecule has 6 heteroatoms. The predicted octanol–water partition coefficient (Wildman–Crippen LogP) is 1.39. The van der Waals surface area contributed by atoms with E-state index >= 15 is 0 Å². The van der Waals surface area contributed by atoms with Crippen molar-refractivity contribution in [2.75, 3.05) is 47.4 Å². The SMILES string of the molecule is COc1ccc(CCNC(=O)[C@@H](C)N2CCN(C)C[C@@H]2C)cc1OC. The van der Waals surface area contributed by atoms with E-state index in [0.717, 1.165) is 31.6 Å². The summed E-state index contributed by atoms with van der Waals surface area (Å²) in [5.41, 5.74) is 1.11. The molecule has 0 aromatic heterocycles. The second-order valence-electron chi connectivity index (χ2n) is 6.76. The molecule has 1 aromatic carbocycles. The Morgan fingerprint density at radius 2 is 2.00 bits per heavy atom.